The van der Waals surface area contributed by atoms with Crippen molar-refractivity contribution in [1.82, 2.24) is 14.8 Å². The third-order valence-corrected chi connectivity index (χ3v) is 5.15. The molecule has 0 aliphatic carbocycles. The fraction of sp³-hybridized carbons (Fsp3) is 0. The average molecular weight is 408 g/mol. The summed E-state index contributed by atoms with van der Waals surface area (Å²) in [6.07, 6.45) is 1.77. The number of aromatic nitrogens is 3. The maximum atomic E-state index is 13.5. The van der Waals surface area contributed by atoms with Gasteiger partial charge in [0.15, 0.2) is 0 Å². The number of hydrogen-bond donors (Lipinski definition) is 0. The molecule has 0 saturated heterocycles. The van der Waals surface area contributed by atoms with Crippen molar-refractivity contribution in [2.75, 3.05) is 0 Å². The van der Waals surface area contributed by atoms with Crippen LogP contribution in [0.5, 0.6) is 0 Å². The Kier molecular flexibility index (Phi) is 4.04. The summed E-state index contributed by atoms with van der Waals surface area (Å²) in [4.78, 5) is 4.55. The van der Waals surface area contributed by atoms with E-state index < -0.39 is 0 Å². The molecule has 0 atom stereocenters. The zero-order valence-electron chi connectivity index (χ0n) is 14.4. The van der Waals surface area contributed by atoms with Crippen LogP contribution >= 0.6 is 23.2 Å². The van der Waals surface area contributed by atoms with Gasteiger partial charge in [-0.3, -0.25) is 4.98 Å². The van der Waals surface area contributed by atoms with Crippen molar-refractivity contribution in [2.45, 2.75) is 0 Å². The van der Waals surface area contributed by atoms with E-state index in [4.69, 9.17) is 28.3 Å². The van der Waals surface area contributed by atoms with Crippen LogP contribution in [-0.2, 0) is 0 Å². The van der Waals surface area contributed by atoms with E-state index >= 15 is 0 Å². The lowest BCUT2D eigenvalue weighted by Gasteiger charge is -2.07. The summed E-state index contributed by atoms with van der Waals surface area (Å²) in [5.41, 5.74) is 3.94. The Morgan fingerprint density at radius 2 is 1.61 bits per heavy atom. The second-order valence-corrected chi connectivity index (χ2v) is 7.25. The third kappa shape index (κ3) is 2.73. The summed E-state index contributed by atoms with van der Waals surface area (Å²) >= 11 is 12.7. The van der Waals surface area contributed by atoms with Gasteiger partial charge in [0.1, 0.15) is 11.5 Å². The number of hydrogen-bond acceptors (Lipinski definition) is 2. The van der Waals surface area contributed by atoms with Gasteiger partial charge in [-0.15, -0.1) is 0 Å². The molecular weight excluding hydrogens is 396 g/mol. The van der Waals surface area contributed by atoms with E-state index in [-0.39, 0.29) is 5.82 Å². The molecule has 5 rings (SSSR count). The van der Waals surface area contributed by atoms with Crippen LogP contribution in [0.2, 0.25) is 10.0 Å². The van der Waals surface area contributed by atoms with Gasteiger partial charge in [0.2, 0.25) is 0 Å². The van der Waals surface area contributed by atoms with E-state index in [0.29, 0.717) is 15.6 Å². The highest BCUT2D eigenvalue weighted by atomic mass is 35.5. The SMILES string of the molecule is Fc1ccc(-n2nc(-c3ccccc3)c3cnc4c(Cl)cc(Cl)cc4c32)cc1. The fourth-order valence-electron chi connectivity index (χ4n) is 3.40. The smallest absolute Gasteiger partial charge is 0.123 e. The second-order valence-electron chi connectivity index (χ2n) is 6.41. The third-order valence-electron chi connectivity index (χ3n) is 4.65. The van der Waals surface area contributed by atoms with Crippen LogP contribution < -0.4 is 0 Å². The van der Waals surface area contributed by atoms with Crippen LogP contribution in [0.15, 0.2) is 72.9 Å². The van der Waals surface area contributed by atoms with Crippen molar-refractivity contribution in [2.24, 2.45) is 0 Å². The number of benzene rings is 3. The van der Waals surface area contributed by atoms with Gasteiger partial charge >= 0.3 is 0 Å². The van der Waals surface area contributed by atoms with Crippen LogP contribution in [0.25, 0.3) is 38.8 Å². The quantitative estimate of drug-likeness (QED) is 0.326. The molecule has 0 bridgehead atoms. The first-order valence-corrected chi connectivity index (χ1v) is 9.35. The van der Waals surface area contributed by atoms with E-state index in [1.54, 1.807) is 29.1 Å². The molecular formula is C22H12Cl2FN3. The lowest BCUT2D eigenvalue weighted by Crippen LogP contribution is -1.97. The number of halogens is 3. The molecule has 0 N–H and O–H groups in total. The lowest BCUT2D eigenvalue weighted by atomic mass is 10.1. The first-order valence-electron chi connectivity index (χ1n) is 8.59. The molecule has 2 heterocycles. The Hall–Kier alpha value is -2.95. The predicted octanol–water partition coefficient (Wildman–Crippen LogP) is 6.69. The zero-order chi connectivity index (χ0) is 19.3. The van der Waals surface area contributed by atoms with Gasteiger partial charge in [-0.1, -0.05) is 53.5 Å². The van der Waals surface area contributed by atoms with Gasteiger partial charge < -0.3 is 0 Å². The van der Waals surface area contributed by atoms with Crippen LogP contribution in [0.4, 0.5) is 4.39 Å². The summed E-state index contributed by atoms with van der Waals surface area (Å²) < 4.78 is 15.3. The molecule has 0 aliphatic heterocycles. The number of rotatable bonds is 2. The Morgan fingerprint density at radius 1 is 0.857 bits per heavy atom. The molecule has 28 heavy (non-hydrogen) atoms. The molecule has 2 aromatic heterocycles. The summed E-state index contributed by atoms with van der Waals surface area (Å²) in [6.45, 7) is 0. The van der Waals surface area contributed by atoms with Gasteiger partial charge in [0.25, 0.3) is 0 Å². The molecule has 6 heteroatoms. The maximum absolute atomic E-state index is 13.5. The lowest BCUT2D eigenvalue weighted by molar-refractivity contribution is 0.627. The highest BCUT2D eigenvalue weighted by Crippen LogP contribution is 2.36. The van der Waals surface area contributed by atoms with Crippen LogP contribution in [0, 0.1) is 5.82 Å². The highest BCUT2D eigenvalue weighted by molar-refractivity contribution is 6.39. The molecule has 0 fully saturated rings. The monoisotopic (exact) mass is 407 g/mol. The molecule has 3 nitrogen and oxygen atoms in total. The van der Waals surface area contributed by atoms with Crippen molar-refractivity contribution in [3.05, 3.63) is 88.8 Å². The molecule has 0 saturated carbocycles. The Bertz CT molecular complexity index is 1330. The molecule has 0 amide bonds. The highest BCUT2D eigenvalue weighted by Gasteiger charge is 2.18. The largest absolute Gasteiger partial charge is 0.254 e. The zero-order valence-corrected chi connectivity index (χ0v) is 15.9. The van der Waals surface area contributed by atoms with Crippen molar-refractivity contribution in [3.8, 4) is 16.9 Å². The maximum Gasteiger partial charge on any atom is 0.123 e. The normalized spacial score (nSPS) is 11.4. The predicted molar refractivity (Wildman–Crippen MR) is 112 cm³/mol. The summed E-state index contributed by atoms with van der Waals surface area (Å²) in [7, 11) is 0. The van der Waals surface area contributed by atoms with E-state index in [9.17, 15) is 4.39 Å². The Morgan fingerprint density at radius 3 is 2.36 bits per heavy atom. The minimum absolute atomic E-state index is 0.305. The molecule has 136 valence electrons. The van der Waals surface area contributed by atoms with Gasteiger partial charge in [-0.25, -0.2) is 9.07 Å². The summed E-state index contributed by atoms with van der Waals surface area (Å²) in [6, 6.07) is 19.6. The van der Waals surface area contributed by atoms with Gasteiger partial charge in [0, 0.05) is 27.6 Å². The number of fused-ring (bicyclic) bond motifs is 3. The van der Waals surface area contributed by atoms with Crippen molar-refractivity contribution < 1.29 is 4.39 Å². The molecule has 0 aliphatic rings. The Balaban J connectivity index is 1.94. The first-order chi connectivity index (χ1) is 13.6. The summed E-state index contributed by atoms with van der Waals surface area (Å²) in [5.74, 6) is -0.305. The summed E-state index contributed by atoms with van der Waals surface area (Å²) in [5, 5.41) is 7.47. The van der Waals surface area contributed by atoms with E-state index in [1.165, 1.54) is 12.1 Å². The van der Waals surface area contributed by atoms with Gasteiger partial charge in [-0.05, 0) is 36.4 Å². The van der Waals surface area contributed by atoms with Crippen LogP contribution in [0.3, 0.4) is 0 Å². The van der Waals surface area contributed by atoms with Gasteiger partial charge in [-0.2, -0.15) is 5.10 Å². The molecule has 0 unspecified atom stereocenters. The van der Waals surface area contributed by atoms with Gasteiger partial charge in [0.05, 0.1) is 21.7 Å². The standard InChI is InChI=1S/C22H12Cl2FN3/c23-14-10-17-21(19(24)11-14)26-12-18-20(13-4-2-1-3-5-13)27-28(22(17)18)16-8-6-15(25)7-9-16/h1-12H. The average Bonchev–Trinajstić information content (AvgIpc) is 3.09. The van der Waals surface area contributed by atoms with E-state index in [0.717, 1.165) is 33.2 Å². The van der Waals surface area contributed by atoms with E-state index in [2.05, 4.69) is 4.98 Å². The van der Waals surface area contributed by atoms with Crippen molar-refractivity contribution in [3.63, 3.8) is 0 Å². The van der Waals surface area contributed by atoms with Crippen molar-refractivity contribution in [1.29, 1.82) is 0 Å². The number of pyridine rings is 1. The minimum atomic E-state index is -0.305. The second kappa shape index (κ2) is 6.59. The molecule has 5 aromatic rings. The first kappa shape index (κ1) is 17.2. The topological polar surface area (TPSA) is 30.7 Å². The molecule has 3 aromatic carbocycles. The fourth-order valence-corrected chi connectivity index (χ4v) is 3.94. The van der Waals surface area contributed by atoms with E-state index in [1.807, 2.05) is 36.4 Å². The molecule has 0 spiro atoms. The minimum Gasteiger partial charge on any atom is -0.254 e. The van der Waals surface area contributed by atoms with Crippen LogP contribution in [0.1, 0.15) is 0 Å². The van der Waals surface area contributed by atoms with Crippen molar-refractivity contribution >= 4 is 45.0 Å². The Labute approximate surface area is 170 Å². The molecule has 0 radical (unpaired) electrons. The number of nitrogens with zero attached hydrogens (tertiary/aromatic N) is 3. The van der Waals surface area contributed by atoms with Crippen LogP contribution in [-0.4, -0.2) is 14.8 Å².